The van der Waals surface area contributed by atoms with Crippen LogP contribution in [0.5, 0.6) is 0 Å². The zero-order valence-corrected chi connectivity index (χ0v) is 11.3. The van der Waals surface area contributed by atoms with Crippen molar-refractivity contribution in [2.24, 2.45) is 0 Å². The Morgan fingerprint density at radius 3 is 2.90 bits per heavy atom. The Labute approximate surface area is 115 Å². The summed E-state index contributed by atoms with van der Waals surface area (Å²) in [6, 6.07) is -0.515. The minimum atomic E-state index is -0.384. The lowest BCUT2D eigenvalue weighted by atomic mass is 10.1. The maximum absolute atomic E-state index is 11.9. The lowest BCUT2D eigenvalue weighted by Crippen LogP contribution is -2.37. The molecule has 1 amide bonds. The number of aromatic nitrogens is 2. The molecule has 1 aliphatic heterocycles. The molecule has 1 aliphatic rings. The molecule has 8 nitrogen and oxygen atoms in total. The topological polar surface area (TPSA) is 104 Å². The second-order valence-electron chi connectivity index (χ2n) is 4.68. The molecular formula is C12H16N4O4. The van der Waals surface area contributed by atoms with Crippen molar-refractivity contribution in [3.63, 3.8) is 0 Å². The molecule has 108 valence electrons. The van der Waals surface area contributed by atoms with Crippen LogP contribution in [-0.2, 0) is 9.53 Å². The Kier molecular flexibility index (Phi) is 4.14. The quantitative estimate of drug-likeness (QED) is 0.670. The van der Waals surface area contributed by atoms with Crippen molar-refractivity contribution in [3.05, 3.63) is 28.4 Å². The highest BCUT2D eigenvalue weighted by atomic mass is 16.5. The number of carbonyl (C=O) groups excluding carboxylic acids is 2. The van der Waals surface area contributed by atoms with E-state index < -0.39 is 0 Å². The van der Waals surface area contributed by atoms with E-state index in [0.29, 0.717) is 13.0 Å². The maximum Gasteiger partial charge on any atom is 0.323 e. The molecule has 20 heavy (non-hydrogen) atoms. The van der Waals surface area contributed by atoms with Gasteiger partial charge in [0.25, 0.3) is 11.5 Å². The number of likely N-dealkylation sites (tertiary alicyclic amines) is 1. The first-order valence-corrected chi connectivity index (χ1v) is 6.15. The number of nitrogens with one attached hydrogen (secondary N) is 2. The molecule has 1 fully saturated rings. The van der Waals surface area contributed by atoms with E-state index in [1.165, 1.54) is 13.3 Å². The number of methoxy groups -OCH3 is 1. The number of likely N-dealkylation sites (N-methyl/N-ethyl adjacent to an activating group) is 1. The highest BCUT2D eigenvalue weighted by Gasteiger charge is 2.36. The molecule has 2 rings (SSSR count). The summed E-state index contributed by atoms with van der Waals surface area (Å²) in [6.07, 6.45) is 2.79. The van der Waals surface area contributed by atoms with Gasteiger partial charge in [-0.15, -0.1) is 0 Å². The van der Waals surface area contributed by atoms with Gasteiger partial charge in [-0.3, -0.25) is 19.3 Å². The van der Waals surface area contributed by atoms with E-state index in [2.05, 4.69) is 15.3 Å². The molecule has 2 heterocycles. The van der Waals surface area contributed by atoms with Crippen molar-refractivity contribution in [3.8, 4) is 0 Å². The minimum absolute atomic E-state index is 0.133. The number of esters is 1. The van der Waals surface area contributed by atoms with Gasteiger partial charge in [-0.1, -0.05) is 0 Å². The van der Waals surface area contributed by atoms with E-state index >= 15 is 0 Å². The Morgan fingerprint density at radius 1 is 1.55 bits per heavy atom. The number of rotatable bonds is 3. The van der Waals surface area contributed by atoms with Gasteiger partial charge in [0.2, 0.25) is 0 Å². The van der Waals surface area contributed by atoms with Crippen LogP contribution in [0.15, 0.2) is 17.2 Å². The van der Waals surface area contributed by atoms with Crippen LogP contribution < -0.4 is 10.9 Å². The molecule has 0 saturated carbocycles. The number of aromatic amines is 1. The first kappa shape index (κ1) is 14.2. The smallest absolute Gasteiger partial charge is 0.323 e. The van der Waals surface area contributed by atoms with Crippen LogP contribution in [0.4, 0.5) is 0 Å². The van der Waals surface area contributed by atoms with Crippen molar-refractivity contribution in [2.45, 2.75) is 18.5 Å². The fourth-order valence-corrected chi connectivity index (χ4v) is 2.24. The number of hydrogen-bond donors (Lipinski definition) is 2. The molecule has 0 aromatic carbocycles. The van der Waals surface area contributed by atoms with Crippen molar-refractivity contribution in [1.82, 2.24) is 20.2 Å². The summed E-state index contributed by atoms with van der Waals surface area (Å²) in [7, 11) is 3.14. The van der Waals surface area contributed by atoms with Gasteiger partial charge in [-0.2, -0.15) is 0 Å². The summed E-state index contributed by atoms with van der Waals surface area (Å²) in [5.41, 5.74) is -0.235. The van der Waals surface area contributed by atoms with Crippen LogP contribution in [-0.4, -0.2) is 59.5 Å². The molecule has 1 aromatic rings. The first-order valence-electron chi connectivity index (χ1n) is 6.15. The van der Waals surface area contributed by atoms with E-state index in [0.717, 1.165) is 6.20 Å². The molecule has 1 aromatic heterocycles. The second-order valence-corrected chi connectivity index (χ2v) is 4.68. The molecule has 0 unspecified atom stereocenters. The molecule has 0 aliphatic carbocycles. The van der Waals surface area contributed by atoms with E-state index in [9.17, 15) is 14.4 Å². The van der Waals surface area contributed by atoms with Gasteiger partial charge >= 0.3 is 5.97 Å². The largest absolute Gasteiger partial charge is 0.468 e. The molecule has 2 atom stereocenters. The van der Waals surface area contributed by atoms with Crippen molar-refractivity contribution in [2.75, 3.05) is 20.7 Å². The SMILES string of the molecule is COC(=O)[C@@H]1C[C@H](NC(=O)c2c[nH]c(=O)cn2)CN1C. The molecule has 0 radical (unpaired) electrons. The van der Waals surface area contributed by atoms with Gasteiger partial charge in [0.05, 0.1) is 13.3 Å². The van der Waals surface area contributed by atoms with E-state index in [-0.39, 0.29) is 35.2 Å². The Balaban J connectivity index is 1.98. The molecule has 0 bridgehead atoms. The van der Waals surface area contributed by atoms with E-state index in [1.807, 2.05) is 4.90 Å². The predicted molar refractivity (Wildman–Crippen MR) is 69.2 cm³/mol. The van der Waals surface area contributed by atoms with Crippen LogP contribution in [0, 0.1) is 0 Å². The lowest BCUT2D eigenvalue weighted by molar-refractivity contribution is -0.145. The Morgan fingerprint density at radius 2 is 2.30 bits per heavy atom. The summed E-state index contributed by atoms with van der Waals surface area (Å²) in [5.74, 6) is -0.698. The van der Waals surface area contributed by atoms with Gasteiger partial charge in [-0.05, 0) is 13.5 Å². The van der Waals surface area contributed by atoms with Gasteiger partial charge in [0.1, 0.15) is 11.7 Å². The van der Waals surface area contributed by atoms with Gasteiger partial charge in [-0.25, -0.2) is 4.98 Å². The first-order chi connectivity index (χ1) is 9.51. The number of amides is 1. The van der Waals surface area contributed by atoms with Crippen molar-refractivity contribution >= 4 is 11.9 Å². The van der Waals surface area contributed by atoms with Gasteiger partial charge < -0.3 is 15.0 Å². The summed E-state index contributed by atoms with van der Waals surface area (Å²) >= 11 is 0. The zero-order valence-electron chi connectivity index (χ0n) is 11.3. The highest BCUT2D eigenvalue weighted by molar-refractivity contribution is 5.92. The third kappa shape index (κ3) is 3.02. The van der Waals surface area contributed by atoms with E-state index in [4.69, 9.17) is 4.74 Å². The summed E-state index contributed by atoms with van der Waals surface area (Å²) < 4.78 is 4.71. The summed E-state index contributed by atoms with van der Waals surface area (Å²) in [4.78, 5) is 42.3. The van der Waals surface area contributed by atoms with Crippen molar-refractivity contribution < 1.29 is 14.3 Å². The molecule has 1 saturated heterocycles. The number of carbonyl (C=O) groups is 2. The number of nitrogens with zero attached hydrogens (tertiary/aromatic N) is 2. The third-order valence-electron chi connectivity index (χ3n) is 3.26. The van der Waals surface area contributed by atoms with Crippen LogP contribution in [0.2, 0.25) is 0 Å². The van der Waals surface area contributed by atoms with Crippen LogP contribution in [0.1, 0.15) is 16.9 Å². The molecule has 2 N–H and O–H groups in total. The average molecular weight is 280 g/mol. The van der Waals surface area contributed by atoms with Crippen molar-refractivity contribution in [1.29, 1.82) is 0 Å². The normalized spacial score (nSPS) is 22.5. The second kappa shape index (κ2) is 5.83. The lowest BCUT2D eigenvalue weighted by Gasteiger charge is -2.15. The van der Waals surface area contributed by atoms with Gasteiger partial charge in [0, 0.05) is 18.8 Å². The number of ether oxygens (including phenoxy) is 1. The standard InChI is InChI=1S/C12H16N4O4/c1-16-6-7(3-9(16)12(19)20-2)15-11(18)8-4-14-10(17)5-13-8/h4-5,7,9H,3,6H2,1-2H3,(H,14,17)(H,15,18)/t7-,9-/m0/s1. The fourth-order valence-electron chi connectivity index (χ4n) is 2.24. The Hall–Kier alpha value is -2.22. The summed E-state index contributed by atoms with van der Waals surface area (Å²) in [5, 5.41) is 2.78. The number of H-pyrrole nitrogens is 1. The molecular weight excluding hydrogens is 264 g/mol. The highest BCUT2D eigenvalue weighted by Crippen LogP contribution is 2.17. The van der Waals surface area contributed by atoms with Crippen LogP contribution in [0.25, 0.3) is 0 Å². The predicted octanol–water partition coefficient (Wildman–Crippen LogP) is -1.25. The Bertz CT molecular complexity index is 550. The number of hydrogen-bond acceptors (Lipinski definition) is 6. The van der Waals surface area contributed by atoms with Crippen LogP contribution >= 0.6 is 0 Å². The molecule has 0 spiro atoms. The maximum atomic E-state index is 11.9. The zero-order chi connectivity index (χ0) is 14.7. The average Bonchev–Trinajstić information content (AvgIpc) is 2.79. The molecule has 8 heteroatoms. The monoisotopic (exact) mass is 280 g/mol. The summed E-state index contributed by atoms with van der Waals surface area (Å²) in [6.45, 7) is 0.550. The third-order valence-corrected chi connectivity index (χ3v) is 3.26. The fraction of sp³-hybridized carbons (Fsp3) is 0.500. The van der Waals surface area contributed by atoms with E-state index in [1.54, 1.807) is 7.05 Å². The van der Waals surface area contributed by atoms with Crippen LogP contribution in [0.3, 0.4) is 0 Å². The minimum Gasteiger partial charge on any atom is -0.468 e. The van der Waals surface area contributed by atoms with Gasteiger partial charge in [0.15, 0.2) is 0 Å².